The van der Waals surface area contributed by atoms with E-state index in [1.165, 1.54) is 12.1 Å². The summed E-state index contributed by atoms with van der Waals surface area (Å²) >= 11 is 0. The van der Waals surface area contributed by atoms with Gasteiger partial charge < -0.3 is 9.64 Å². The molecule has 0 aliphatic carbocycles. The molecule has 2 aromatic carbocycles. The van der Waals surface area contributed by atoms with Gasteiger partial charge in [-0.05, 0) is 24.1 Å². The number of nitro benzene ring substituents is 1. The molecular weight excluding hydrogens is 299 g/mol. The van der Waals surface area contributed by atoms with Gasteiger partial charge in [-0.2, -0.15) is 0 Å². The van der Waals surface area contributed by atoms with E-state index in [0.717, 1.165) is 23.8 Å². The summed E-state index contributed by atoms with van der Waals surface area (Å²) in [7, 11) is 1.64. The van der Waals surface area contributed by atoms with Gasteiger partial charge in [0.1, 0.15) is 5.75 Å². The SMILES string of the molecule is COc1ccccc1C1CCN(c2ccc([N+](=O)[O-])cc2F)C1. The van der Waals surface area contributed by atoms with Gasteiger partial charge in [0.15, 0.2) is 5.82 Å². The predicted octanol–water partition coefficient (Wildman–Crippen LogP) is 3.74. The van der Waals surface area contributed by atoms with E-state index in [-0.39, 0.29) is 11.6 Å². The van der Waals surface area contributed by atoms with Crippen molar-refractivity contribution in [3.8, 4) is 5.75 Å². The highest BCUT2D eigenvalue weighted by Crippen LogP contribution is 2.36. The number of nitro groups is 1. The van der Waals surface area contributed by atoms with E-state index >= 15 is 0 Å². The summed E-state index contributed by atoms with van der Waals surface area (Å²) in [6, 6.07) is 11.6. The summed E-state index contributed by atoms with van der Waals surface area (Å²) in [5.41, 5.74) is 1.29. The largest absolute Gasteiger partial charge is 0.496 e. The highest BCUT2D eigenvalue weighted by atomic mass is 19.1. The fourth-order valence-corrected chi connectivity index (χ4v) is 3.10. The molecule has 1 unspecified atom stereocenters. The first-order valence-electron chi connectivity index (χ1n) is 7.42. The third-order valence-corrected chi connectivity index (χ3v) is 4.25. The minimum Gasteiger partial charge on any atom is -0.496 e. The van der Waals surface area contributed by atoms with Crippen molar-refractivity contribution in [1.29, 1.82) is 0 Å². The van der Waals surface area contributed by atoms with Crippen molar-refractivity contribution >= 4 is 11.4 Å². The lowest BCUT2D eigenvalue weighted by atomic mass is 9.97. The molecule has 1 fully saturated rings. The van der Waals surface area contributed by atoms with E-state index < -0.39 is 10.7 Å². The Labute approximate surface area is 133 Å². The fraction of sp³-hybridized carbons (Fsp3) is 0.294. The number of hydrogen-bond donors (Lipinski definition) is 0. The molecule has 1 saturated heterocycles. The summed E-state index contributed by atoms with van der Waals surface area (Å²) in [4.78, 5) is 12.0. The Kier molecular flexibility index (Phi) is 4.14. The standard InChI is InChI=1S/C17H17FN2O3/c1-23-17-5-3-2-4-14(17)12-8-9-19(11-12)16-7-6-13(20(21)22)10-15(16)18/h2-7,10,12H,8-9,11H2,1H3. The van der Waals surface area contributed by atoms with E-state index in [2.05, 4.69) is 0 Å². The average Bonchev–Trinajstić information content (AvgIpc) is 3.04. The van der Waals surface area contributed by atoms with Crippen molar-refractivity contribution in [3.63, 3.8) is 0 Å². The predicted molar refractivity (Wildman–Crippen MR) is 85.6 cm³/mol. The third kappa shape index (κ3) is 2.97. The first-order valence-corrected chi connectivity index (χ1v) is 7.42. The van der Waals surface area contributed by atoms with Crippen molar-refractivity contribution in [3.05, 3.63) is 64.0 Å². The first-order chi connectivity index (χ1) is 11.1. The molecule has 23 heavy (non-hydrogen) atoms. The molecule has 0 spiro atoms. The van der Waals surface area contributed by atoms with Crippen LogP contribution >= 0.6 is 0 Å². The molecule has 120 valence electrons. The van der Waals surface area contributed by atoms with E-state index in [1.54, 1.807) is 7.11 Å². The maximum Gasteiger partial charge on any atom is 0.272 e. The van der Waals surface area contributed by atoms with Gasteiger partial charge in [-0.3, -0.25) is 10.1 Å². The molecule has 0 bridgehead atoms. The van der Waals surface area contributed by atoms with Gasteiger partial charge in [0, 0.05) is 25.1 Å². The Hall–Kier alpha value is -2.63. The minimum absolute atomic E-state index is 0.230. The van der Waals surface area contributed by atoms with Crippen LogP contribution in [0.2, 0.25) is 0 Å². The van der Waals surface area contributed by atoms with Crippen LogP contribution in [0, 0.1) is 15.9 Å². The number of benzene rings is 2. The van der Waals surface area contributed by atoms with E-state index in [4.69, 9.17) is 4.74 Å². The number of anilines is 1. The third-order valence-electron chi connectivity index (χ3n) is 4.25. The highest BCUT2D eigenvalue weighted by Gasteiger charge is 2.28. The summed E-state index contributed by atoms with van der Waals surface area (Å²) in [6.07, 6.45) is 0.886. The zero-order valence-electron chi connectivity index (χ0n) is 12.7. The summed E-state index contributed by atoms with van der Waals surface area (Å²) in [5.74, 6) is 0.532. The minimum atomic E-state index is -0.589. The van der Waals surface area contributed by atoms with Crippen LogP contribution in [0.5, 0.6) is 5.75 Å². The molecular formula is C17H17FN2O3. The molecule has 0 amide bonds. The second-order valence-electron chi connectivity index (χ2n) is 5.57. The van der Waals surface area contributed by atoms with Crippen LogP contribution in [0.1, 0.15) is 17.9 Å². The lowest BCUT2D eigenvalue weighted by molar-refractivity contribution is -0.385. The molecule has 2 aromatic rings. The number of halogens is 1. The fourth-order valence-electron chi connectivity index (χ4n) is 3.10. The molecule has 5 nitrogen and oxygen atoms in total. The second-order valence-corrected chi connectivity index (χ2v) is 5.57. The smallest absolute Gasteiger partial charge is 0.272 e. The number of para-hydroxylation sites is 1. The van der Waals surface area contributed by atoms with Crippen molar-refractivity contribution < 1.29 is 14.1 Å². The van der Waals surface area contributed by atoms with Gasteiger partial charge in [-0.25, -0.2) is 4.39 Å². The van der Waals surface area contributed by atoms with Gasteiger partial charge in [-0.15, -0.1) is 0 Å². The summed E-state index contributed by atoms with van der Waals surface area (Å²) in [5, 5.41) is 10.7. The van der Waals surface area contributed by atoms with Crippen molar-refractivity contribution in [1.82, 2.24) is 0 Å². The Morgan fingerprint density at radius 1 is 1.30 bits per heavy atom. The zero-order chi connectivity index (χ0) is 16.4. The molecule has 3 rings (SSSR count). The van der Waals surface area contributed by atoms with Crippen molar-refractivity contribution in [2.75, 3.05) is 25.1 Å². The van der Waals surface area contributed by atoms with Crippen LogP contribution in [0.3, 0.4) is 0 Å². The van der Waals surface area contributed by atoms with E-state index in [9.17, 15) is 14.5 Å². The molecule has 0 aromatic heterocycles. The molecule has 1 heterocycles. The van der Waals surface area contributed by atoms with Crippen LogP contribution in [0.15, 0.2) is 42.5 Å². The van der Waals surface area contributed by atoms with Gasteiger partial charge in [0.2, 0.25) is 0 Å². The molecule has 0 saturated carbocycles. The Bertz CT molecular complexity index is 736. The maximum absolute atomic E-state index is 14.2. The zero-order valence-corrected chi connectivity index (χ0v) is 12.7. The second kappa shape index (κ2) is 6.24. The topological polar surface area (TPSA) is 55.6 Å². The van der Waals surface area contributed by atoms with Crippen LogP contribution in [0.25, 0.3) is 0 Å². The Morgan fingerprint density at radius 2 is 2.09 bits per heavy atom. The molecule has 1 aliphatic heterocycles. The Morgan fingerprint density at radius 3 is 2.78 bits per heavy atom. The monoisotopic (exact) mass is 316 g/mol. The van der Waals surface area contributed by atoms with Crippen LogP contribution in [-0.2, 0) is 0 Å². The summed E-state index contributed by atoms with van der Waals surface area (Å²) in [6.45, 7) is 1.37. The maximum atomic E-state index is 14.2. The lowest BCUT2D eigenvalue weighted by Crippen LogP contribution is -2.20. The number of methoxy groups -OCH3 is 1. The van der Waals surface area contributed by atoms with Gasteiger partial charge in [0.05, 0.1) is 23.8 Å². The van der Waals surface area contributed by atoms with Gasteiger partial charge >= 0.3 is 0 Å². The van der Waals surface area contributed by atoms with Gasteiger partial charge in [0.25, 0.3) is 5.69 Å². The lowest BCUT2D eigenvalue weighted by Gasteiger charge is -2.20. The molecule has 1 atom stereocenters. The molecule has 0 radical (unpaired) electrons. The van der Waals surface area contributed by atoms with Crippen LogP contribution < -0.4 is 9.64 Å². The number of non-ortho nitro benzene ring substituents is 1. The van der Waals surface area contributed by atoms with Crippen molar-refractivity contribution in [2.24, 2.45) is 0 Å². The first kappa shape index (κ1) is 15.3. The number of nitrogens with zero attached hydrogens (tertiary/aromatic N) is 2. The quantitative estimate of drug-likeness (QED) is 0.637. The molecule has 1 aliphatic rings. The highest BCUT2D eigenvalue weighted by molar-refractivity contribution is 5.54. The van der Waals surface area contributed by atoms with Gasteiger partial charge in [-0.1, -0.05) is 18.2 Å². The van der Waals surface area contributed by atoms with Crippen LogP contribution in [0.4, 0.5) is 15.8 Å². The summed E-state index contributed by atoms with van der Waals surface area (Å²) < 4.78 is 19.6. The average molecular weight is 316 g/mol. The van der Waals surface area contributed by atoms with Crippen LogP contribution in [-0.4, -0.2) is 25.1 Å². The van der Waals surface area contributed by atoms with E-state index in [0.29, 0.717) is 18.8 Å². The molecule has 0 N–H and O–H groups in total. The van der Waals surface area contributed by atoms with Crippen molar-refractivity contribution in [2.45, 2.75) is 12.3 Å². The number of rotatable bonds is 4. The van der Waals surface area contributed by atoms with E-state index in [1.807, 2.05) is 29.2 Å². The number of hydrogen-bond acceptors (Lipinski definition) is 4. The Balaban J connectivity index is 1.81. The number of ether oxygens (including phenoxy) is 1. The molecule has 6 heteroatoms. The normalized spacial score (nSPS) is 17.3.